The molecule has 1 aromatic carbocycles. The molecular weight excluding hydrogens is 474 g/mol. The average molecular weight is 501 g/mol. The van der Waals surface area contributed by atoms with Crippen LogP contribution in [0.3, 0.4) is 0 Å². The number of ketones is 4. The van der Waals surface area contributed by atoms with E-state index in [-0.39, 0.29) is 16.7 Å². The lowest BCUT2D eigenvalue weighted by atomic mass is 9.50. The van der Waals surface area contributed by atoms with Crippen LogP contribution in [-0.2, 0) is 24.6 Å². The number of phenolic OH excluding ortho intramolecular Hbond substituents is 1. The Morgan fingerprint density at radius 1 is 1.11 bits per heavy atom. The van der Waals surface area contributed by atoms with Gasteiger partial charge in [-0.15, -0.1) is 0 Å². The third-order valence-corrected chi connectivity index (χ3v) is 7.99. The molecule has 0 radical (unpaired) electrons. The van der Waals surface area contributed by atoms with Crippen molar-refractivity contribution < 1.29 is 49.2 Å². The molecule has 0 heterocycles. The number of aliphatic hydroxyl groups excluding tert-OH is 1. The van der Waals surface area contributed by atoms with Gasteiger partial charge in [-0.1, -0.05) is 27.7 Å². The summed E-state index contributed by atoms with van der Waals surface area (Å²) in [5.74, 6) is -16.0. The zero-order valence-corrected chi connectivity index (χ0v) is 20.1. The van der Waals surface area contributed by atoms with Crippen molar-refractivity contribution in [2.45, 2.75) is 57.2 Å². The van der Waals surface area contributed by atoms with Crippen LogP contribution in [-0.4, -0.2) is 67.1 Å². The fraction of sp³-hybridized carbons (Fsp3) is 0.520. The molecule has 7 atom stereocenters. The van der Waals surface area contributed by atoms with Gasteiger partial charge in [-0.05, 0) is 23.0 Å². The molecule has 192 valence electrons. The van der Waals surface area contributed by atoms with Crippen molar-refractivity contribution in [1.29, 1.82) is 0 Å². The molecular formula is C25H27NO10. The van der Waals surface area contributed by atoms with Gasteiger partial charge in [0.25, 0.3) is 0 Å². The van der Waals surface area contributed by atoms with Crippen molar-refractivity contribution in [3.05, 3.63) is 28.3 Å². The van der Waals surface area contributed by atoms with E-state index in [4.69, 9.17) is 5.73 Å². The predicted octanol–water partition coefficient (Wildman–Crippen LogP) is -0.146. The fourth-order valence-electron chi connectivity index (χ4n) is 6.25. The first kappa shape index (κ1) is 25.6. The molecule has 6 N–H and O–H groups in total. The van der Waals surface area contributed by atoms with Crippen molar-refractivity contribution in [3.63, 3.8) is 0 Å². The zero-order chi connectivity index (χ0) is 27.2. The number of carbonyl (C=O) groups is 6. The number of carboxylic acid groups (broad SMARTS) is 1. The summed E-state index contributed by atoms with van der Waals surface area (Å²) in [6.07, 6.45) is -2.49. The van der Waals surface area contributed by atoms with Gasteiger partial charge in [0, 0.05) is 23.8 Å². The van der Waals surface area contributed by atoms with Gasteiger partial charge in [-0.3, -0.25) is 24.0 Å². The SMILES string of the molecule is C[C@H]1c2c(C(=O)O)cc(C(C)(C)C)c(O)c2C(=O)C2C(=O)[C@]3(O)C(=O)C(C(N)=O)C(=O)C[C@@H]3[C@@H](O)[C@@H]21. The summed E-state index contributed by atoms with van der Waals surface area (Å²) in [6, 6.07) is 1.25. The summed E-state index contributed by atoms with van der Waals surface area (Å²) in [5, 5.41) is 43.5. The lowest BCUT2D eigenvalue weighted by Gasteiger charge is -2.53. The summed E-state index contributed by atoms with van der Waals surface area (Å²) in [5.41, 5.74) is 0.637. The Bertz CT molecular complexity index is 1270. The Balaban J connectivity index is 1.99. The molecule has 0 aromatic heterocycles. The molecule has 1 aromatic rings. The maximum atomic E-state index is 13.8. The highest BCUT2D eigenvalue weighted by atomic mass is 16.4. The van der Waals surface area contributed by atoms with Crippen molar-refractivity contribution >= 4 is 35.0 Å². The molecule has 0 aliphatic heterocycles. The van der Waals surface area contributed by atoms with Crippen LogP contribution in [0.5, 0.6) is 5.75 Å². The molecule has 0 spiro atoms. The van der Waals surface area contributed by atoms with E-state index in [0.29, 0.717) is 0 Å². The van der Waals surface area contributed by atoms with Crippen molar-refractivity contribution in [2.24, 2.45) is 29.4 Å². The Morgan fingerprint density at radius 3 is 2.19 bits per heavy atom. The molecule has 36 heavy (non-hydrogen) atoms. The van der Waals surface area contributed by atoms with Crippen LogP contribution in [0.15, 0.2) is 6.07 Å². The molecule has 3 aliphatic rings. The van der Waals surface area contributed by atoms with Crippen LogP contribution in [0.2, 0.25) is 0 Å². The van der Waals surface area contributed by atoms with Crippen LogP contribution in [0.4, 0.5) is 0 Å². The van der Waals surface area contributed by atoms with E-state index in [1.807, 2.05) is 0 Å². The van der Waals surface area contributed by atoms with E-state index in [2.05, 4.69) is 0 Å². The molecule has 0 bridgehead atoms. The van der Waals surface area contributed by atoms with E-state index in [1.54, 1.807) is 20.8 Å². The van der Waals surface area contributed by atoms with Crippen LogP contribution >= 0.6 is 0 Å². The minimum Gasteiger partial charge on any atom is -0.507 e. The van der Waals surface area contributed by atoms with E-state index < -0.39 is 99.5 Å². The topological polar surface area (TPSA) is 209 Å². The number of amides is 1. The second-order valence-electron chi connectivity index (χ2n) is 11.0. The van der Waals surface area contributed by atoms with Gasteiger partial charge in [-0.2, -0.15) is 0 Å². The number of rotatable bonds is 2. The molecule has 11 heteroatoms. The third-order valence-electron chi connectivity index (χ3n) is 7.99. The number of hydrogen-bond acceptors (Lipinski definition) is 9. The number of Topliss-reactive ketones (excluding diaryl/α,β-unsaturated/α-hetero) is 4. The molecule has 0 saturated heterocycles. The summed E-state index contributed by atoms with van der Waals surface area (Å²) in [4.78, 5) is 76.9. The number of carbonyl (C=O) groups excluding carboxylic acids is 5. The van der Waals surface area contributed by atoms with E-state index >= 15 is 0 Å². The van der Waals surface area contributed by atoms with Crippen LogP contribution in [0.1, 0.15) is 71.9 Å². The first-order valence-electron chi connectivity index (χ1n) is 11.5. The van der Waals surface area contributed by atoms with Crippen molar-refractivity contribution in [3.8, 4) is 5.75 Å². The number of primary amides is 1. The summed E-state index contributed by atoms with van der Waals surface area (Å²) in [7, 11) is 0. The minimum absolute atomic E-state index is 0.0833. The second kappa shape index (κ2) is 7.78. The van der Waals surface area contributed by atoms with Crippen molar-refractivity contribution in [2.75, 3.05) is 0 Å². The largest absolute Gasteiger partial charge is 0.507 e. The third kappa shape index (κ3) is 3.12. The molecule has 2 fully saturated rings. The van der Waals surface area contributed by atoms with Gasteiger partial charge >= 0.3 is 5.97 Å². The van der Waals surface area contributed by atoms with Crippen LogP contribution in [0, 0.1) is 23.7 Å². The summed E-state index contributed by atoms with van der Waals surface area (Å²) in [6.45, 7) is 6.52. The maximum absolute atomic E-state index is 13.8. The number of carboxylic acids is 1. The monoisotopic (exact) mass is 501 g/mol. The number of nitrogens with two attached hydrogens (primary N) is 1. The van der Waals surface area contributed by atoms with Crippen molar-refractivity contribution in [1.82, 2.24) is 0 Å². The van der Waals surface area contributed by atoms with E-state index in [0.717, 1.165) is 0 Å². The highest BCUT2D eigenvalue weighted by Crippen LogP contribution is 2.55. The number of aromatic hydroxyl groups is 1. The smallest absolute Gasteiger partial charge is 0.336 e. The molecule has 4 rings (SSSR count). The average Bonchev–Trinajstić information content (AvgIpc) is 2.75. The second-order valence-corrected chi connectivity index (χ2v) is 11.0. The number of phenols is 1. The van der Waals surface area contributed by atoms with Gasteiger partial charge < -0.3 is 26.2 Å². The fourth-order valence-corrected chi connectivity index (χ4v) is 6.25. The number of fused-ring (bicyclic) bond motifs is 3. The highest BCUT2D eigenvalue weighted by molar-refractivity contribution is 6.31. The Morgan fingerprint density at radius 2 is 1.69 bits per heavy atom. The number of aliphatic hydroxyl groups is 2. The zero-order valence-electron chi connectivity index (χ0n) is 20.1. The van der Waals surface area contributed by atoms with Crippen LogP contribution < -0.4 is 5.73 Å². The first-order chi connectivity index (χ1) is 16.5. The Kier molecular flexibility index (Phi) is 5.54. The quantitative estimate of drug-likeness (QED) is 0.338. The Hall–Kier alpha value is -3.44. The summed E-state index contributed by atoms with van der Waals surface area (Å²) < 4.78 is 0. The molecule has 11 nitrogen and oxygen atoms in total. The minimum atomic E-state index is -3.03. The Labute approximate surface area is 205 Å². The predicted molar refractivity (Wildman–Crippen MR) is 120 cm³/mol. The molecule has 2 unspecified atom stereocenters. The lowest BCUT2D eigenvalue weighted by Crippen LogP contribution is -2.72. The van der Waals surface area contributed by atoms with Gasteiger partial charge in [-0.25, -0.2) is 4.79 Å². The standard InChI is InChI=1S/C25H27NO10/c1-7-12-8(23(34)35)5-9(24(2,3)4)17(28)15(12)19(30)16-13(7)18(29)10-6-11(27)14(22(26)33)20(31)25(10,36)21(16)32/h5,7,10,13-14,16,18,28-29,36H,6H2,1-4H3,(H2,26,33)(H,34,35)/t7-,10+,13+,14?,16?,18+,25+/m0/s1. The molecule has 3 aliphatic carbocycles. The first-order valence-corrected chi connectivity index (χ1v) is 11.5. The number of hydrogen-bond donors (Lipinski definition) is 5. The summed E-state index contributed by atoms with van der Waals surface area (Å²) >= 11 is 0. The molecule has 1 amide bonds. The maximum Gasteiger partial charge on any atom is 0.336 e. The van der Waals surface area contributed by atoms with Gasteiger partial charge in [0.1, 0.15) is 5.75 Å². The number of aromatic carboxylic acids is 1. The van der Waals surface area contributed by atoms with E-state index in [9.17, 15) is 49.2 Å². The van der Waals surface area contributed by atoms with E-state index in [1.165, 1.54) is 13.0 Å². The van der Waals surface area contributed by atoms with Gasteiger partial charge in [0.2, 0.25) is 5.91 Å². The van der Waals surface area contributed by atoms with Gasteiger partial charge in [0.15, 0.2) is 34.7 Å². The number of benzene rings is 1. The molecule has 2 saturated carbocycles. The van der Waals surface area contributed by atoms with Crippen LogP contribution in [0.25, 0.3) is 0 Å². The highest BCUT2D eigenvalue weighted by Gasteiger charge is 2.70. The normalized spacial score (nSPS) is 34.1. The lowest BCUT2D eigenvalue weighted by molar-refractivity contribution is -0.189. The van der Waals surface area contributed by atoms with Gasteiger partial charge in [0.05, 0.1) is 23.1 Å².